The zero-order valence-electron chi connectivity index (χ0n) is 18.8. The summed E-state index contributed by atoms with van der Waals surface area (Å²) in [5, 5.41) is 0. The summed E-state index contributed by atoms with van der Waals surface area (Å²) in [5.41, 5.74) is 6.51. The lowest BCUT2D eigenvalue weighted by atomic mass is 10.2. The topological polar surface area (TPSA) is 62.9 Å². The normalized spacial score (nSPS) is 10.4. The fourth-order valence-electron chi connectivity index (χ4n) is 3.41. The van der Waals surface area contributed by atoms with Crippen molar-refractivity contribution in [2.45, 2.75) is 0 Å². The van der Waals surface area contributed by atoms with E-state index in [1.807, 2.05) is 121 Å². The van der Waals surface area contributed by atoms with Crippen LogP contribution in [0.1, 0.15) is 0 Å². The van der Waals surface area contributed by atoms with Crippen molar-refractivity contribution in [2.24, 2.45) is 0 Å². The Balaban J connectivity index is 1.40. The van der Waals surface area contributed by atoms with Crippen molar-refractivity contribution < 1.29 is 18.9 Å². The van der Waals surface area contributed by atoms with Gasteiger partial charge < -0.3 is 24.7 Å². The highest BCUT2D eigenvalue weighted by molar-refractivity contribution is 5.52. The molecule has 0 bridgehead atoms. The lowest BCUT2D eigenvalue weighted by Crippen LogP contribution is -1.94. The van der Waals surface area contributed by atoms with Crippen molar-refractivity contribution >= 4 is 5.69 Å². The molecule has 0 radical (unpaired) electrons. The van der Waals surface area contributed by atoms with Crippen LogP contribution in [0.25, 0.3) is 0 Å². The van der Waals surface area contributed by atoms with Gasteiger partial charge in [0.2, 0.25) is 0 Å². The average molecular weight is 462 g/mol. The quantitative estimate of drug-likeness (QED) is 0.235. The first kappa shape index (κ1) is 21.9. The number of anilines is 1. The van der Waals surface area contributed by atoms with Gasteiger partial charge in [0.15, 0.2) is 34.5 Å². The van der Waals surface area contributed by atoms with Crippen LogP contribution in [0.4, 0.5) is 5.69 Å². The van der Waals surface area contributed by atoms with Crippen LogP contribution in [0.2, 0.25) is 0 Å². The number of hydrogen-bond donors (Lipinski definition) is 1. The predicted molar refractivity (Wildman–Crippen MR) is 137 cm³/mol. The van der Waals surface area contributed by atoms with Gasteiger partial charge in [-0.3, -0.25) is 0 Å². The molecule has 0 fully saturated rings. The molecular formula is C30H23NO4. The molecule has 0 aliphatic carbocycles. The predicted octanol–water partition coefficient (Wildman–Crippen LogP) is 8.44. The first-order valence-electron chi connectivity index (χ1n) is 11.1. The molecule has 35 heavy (non-hydrogen) atoms. The number of para-hydroxylation sites is 7. The summed E-state index contributed by atoms with van der Waals surface area (Å²) in [6.45, 7) is 0. The second kappa shape index (κ2) is 10.4. The van der Waals surface area contributed by atoms with Crippen molar-refractivity contribution in [3.63, 3.8) is 0 Å². The lowest BCUT2D eigenvalue weighted by molar-refractivity contribution is 0.382. The van der Waals surface area contributed by atoms with Crippen LogP contribution in [0, 0.1) is 0 Å². The van der Waals surface area contributed by atoms with Crippen LogP contribution in [0.5, 0.6) is 46.0 Å². The molecule has 0 aliphatic heterocycles. The number of nitrogen functional groups attached to an aromatic ring is 1. The van der Waals surface area contributed by atoms with Crippen LogP contribution in [-0.4, -0.2) is 0 Å². The fourth-order valence-corrected chi connectivity index (χ4v) is 3.41. The molecule has 5 nitrogen and oxygen atoms in total. The molecule has 0 spiro atoms. The molecule has 5 heteroatoms. The molecule has 0 heterocycles. The molecule has 0 aromatic heterocycles. The van der Waals surface area contributed by atoms with Crippen LogP contribution < -0.4 is 24.7 Å². The van der Waals surface area contributed by atoms with Gasteiger partial charge >= 0.3 is 0 Å². The van der Waals surface area contributed by atoms with Gasteiger partial charge in [-0.2, -0.15) is 0 Å². The highest BCUT2D eigenvalue weighted by Gasteiger charge is 2.14. The Labute approximate surface area is 203 Å². The molecule has 0 saturated heterocycles. The van der Waals surface area contributed by atoms with E-state index >= 15 is 0 Å². The highest BCUT2D eigenvalue weighted by atomic mass is 16.6. The minimum Gasteiger partial charge on any atom is -0.453 e. The number of benzene rings is 5. The number of nitrogens with two attached hydrogens (primary N) is 1. The van der Waals surface area contributed by atoms with Crippen LogP contribution in [-0.2, 0) is 0 Å². The monoisotopic (exact) mass is 461 g/mol. The van der Waals surface area contributed by atoms with E-state index in [4.69, 9.17) is 24.7 Å². The van der Waals surface area contributed by atoms with Crippen molar-refractivity contribution in [1.29, 1.82) is 0 Å². The molecular weight excluding hydrogens is 438 g/mol. The Morgan fingerprint density at radius 3 is 1.17 bits per heavy atom. The highest BCUT2D eigenvalue weighted by Crippen LogP contribution is 2.41. The smallest absolute Gasteiger partial charge is 0.170 e. The first-order valence-corrected chi connectivity index (χ1v) is 11.1. The summed E-state index contributed by atoms with van der Waals surface area (Å²) in [4.78, 5) is 0. The molecule has 5 aromatic carbocycles. The summed E-state index contributed by atoms with van der Waals surface area (Å²) in [7, 11) is 0. The van der Waals surface area contributed by atoms with E-state index in [-0.39, 0.29) is 0 Å². The molecule has 0 aliphatic rings. The number of hydrogen-bond acceptors (Lipinski definition) is 5. The van der Waals surface area contributed by atoms with Crippen molar-refractivity contribution in [1.82, 2.24) is 0 Å². The zero-order chi connectivity index (χ0) is 23.9. The van der Waals surface area contributed by atoms with Gasteiger partial charge in [-0.15, -0.1) is 0 Å². The SMILES string of the molecule is Nc1cccc(Oc2ccccc2Oc2ccccc2Oc2ccccc2Oc2ccccc2)c1. The van der Waals surface area contributed by atoms with E-state index in [9.17, 15) is 0 Å². The zero-order valence-corrected chi connectivity index (χ0v) is 18.8. The molecule has 0 amide bonds. The third kappa shape index (κ3) is 5.54. The van der Waals surface area contributed by atoms with E-state index in [0.717, 1.165) is 5.75 Å². The number of rotatable bonds is 8. The third-order valence-corrected chi connectivity index (χ3v) is 5.04. The Morgan fingerprint density at radius 2 is 0.714 bits per heavy atom. The van der Waals surface area contributed by atoms with E-state index in [2.05, 4.69) is 0 Å². The maximum atomic E-state index is 6.25. The van der Waals surface area contributed by atoms with Crippen LogP contribution >= 0.6 is 0 Å². The molecule has 172 valence electrons. The van der Waals surface area contributed by atoms with Crippen LogP contribution in [0.15, 0.2) is 127 Å². The standard InChI is InChI=1S/C30H23NO4/c31-22-11-10-14-24(21-22)33-26-16-5-7-18-28(26)35-30-20-9-8-19-29(30)34-27-17-6-4-15-25(27)32-23-12-2-1-3-13-23/h1-21H,31H2. The van der Waals surface area contributed by atoms with Crippen molar-refractivity contribution in [3.05, 3.63) is 127 Å². The minimum atomic E-state index is 0.533. The summed E-state index contributed by atoms with van der Waals surface area (Å²) >= 11 is 0. The maximum absolute atomic E-state index is 6.25. The van der Waals surface area contributed by atoms with E-state index in [1.54, 1.807) is 6.07 Å². The molecule has 2 N–H and O–H groups in total. The molecule has 0 saturated carbocycles. The van der Waals surface area contributed by atoms with Crippen molar-refractivity contribution in [3.8, 4) is 46.0 Å². The first-order chi connectivity index (χ1) is 17.2. The fraction of sp³-hybridized carbons (Fsp3) is 0. The van der Waals surface area contributed by atoms with Crippen molar-refractivity contribution in [2.75, 3.05) is 5.73 Å². The van der Waals surface area contributed by atoms with E-state index in [1.165, 1.54) is 0 Å². The van der Waals surface area contributed by atoms with Crippen LogP contribution in [0.3, 0.4) is 0 Å². The van der Waals surface area contributed by atoms with Gasteiger partial charge in [0.25, 0.3) is 0 Å². The molecule has 5 aromatic rings. The van der Waals surface area contributed by atoms with Gasteiger partial charge in [-0.05, 0) is 60.7 Å². The Morgan fingerprint density at radius 1 is 0.343 bits per heavy atom. The second-order valence-corrected chi connectivity index (χ2v) is 7.63. The van der Waals surface area contributed by atoms with Gasteiger partial charge in [0.05, 0.1) is 0 Å². The Hall–Kier alpha value is -4.90. The minimum absolute atomic E-state index is 0.533. The average Bonchev–Trinajstić information content (AvgIpc) is 2.88. The summed E-state index contributed by atoms with van der Waals surface area (Å²) < 4.78 is 24.6. The van der Waals surface area contributed by atoms with Gasteiger partial charge in [0.1, 0.15) is 11.5 Å². The largest absolute Gasteiger partial charge is 0.453 e. The lowest BCUT2D eigenvalue weighted by Gasteiger charge is -2.16. The Bertz CT molecular complexity index is 1420. The molecule has 0 unspecified atom stereocenters. The molecule has 0 atom stereocenters. The van der Waals surface area contributed by atoms with Gasteiger partial charge in [0, 0.05) is 11.8 Å². The Kier molecular flexibility index (Phi) is 6.49. The van der Waals surface area contributed by atoms with Gasteiger partial charge in [-0.1, -0.05) is 60.7 Å². The van der Waals surface area contributed by atoms with E-state index in [0.29, 0.717) is 45.9 Å². The maximum Gasteiger partial charge on any atom is 0.170 e. The second-order valence-electron chi connectivity index (χ2n) is 7.63. The summed E-state index contributed by atoms with van der Waals surface area (Å²) in [6, 6.07) is 39.2. The van der Waals surface area contributed by atoms with E-state index < -0.39 is 0 Å². The van der Waals surface area contributed by atoms with Gasteiger partial charge in [-0.25, -0.2) is 0 Å². The molecule has 5 rings (SSSR count). The number of ether oxygens (including phenoxy) is 4. The third-order valence-electron chi connectivity index (χ3n) is 5.04. The summed E-state index contributed by atoms with van der Waals surface area (Å²) in [6.07, 6.45) is 0. The summed E-state index contributed by atoms with van der Waals surface area (Å²) in [5.74, 6) is 4.68.